The zero-order valence-corrected chi connectivity index (χ0v) is 18.5. The molecule has 2 heterocycles. The zero-order valence-electron chi connectivity index (χ0n) is 18.5. The number of rotatable bonds is 5. The zero-order chi connectivity index (χ0) is 21.2. The molecule has 0 bridgehead atoms. The van der Waals surface area contributed by atoms with E-state index in [1.54, 1.807) is 13.2 Å². The van der Waals surface area contributed by atoms with Crippen LogP contribution in [0.3, 0.4) is 0 Å². The lowest BCUT2D eigenvalue weighted by Crippen LogP contribution is -2.46. The first-order chi connectivity index (χ1) is 13.7. The molecule has 3 rings (SSSR count). The quantitative estimate of drug-likeness (QED) is 0.790. The fourth-order valence-corrected chi connectivity index (χ4v) is 4.78. The molecule has 7 heteroatoms. The van der Waals surface area contributed by atoms with Gasteiger partial charge in [-0.15, -0.1) is 0 Å². The summed E-state index contributed by atoms with van der Waals surface area (Å²) in [6.07, 6.45) is 4.92. The van der Waals surface area contributed by atoms with Crippen LogP contribution in [0.2, 0.25) is 0 Å². The lowest BCUT2D eigenvalue weighted by molar-refractivity contribution is -0.138. The summed E-state index contributed by atoms with van der Waals surface area (Å²) in [4.78, 5) is 27.6. The van der Waals surface area contributed by atoms with Crippen molar-refractivity contribution in [2.45, 2.75) is 71.9 Å². The average Bonchev–Trinajstić information content (AvgIpc) is 3.31. The fourth-order valence-electron chi connectivity index (χ4n) is 4.78. The van der Waals surface area contributed by atoms with Crippen LogP contribution in [-0.4, -0.2) is 59.3 Å². The Balaban J connectivity index is 1.59. The van der Waals surface area contributed by atoms with Gasteiger partial charge in [-0.2, -0.15) is 5.10 Å². The van der Waals surface area contributed by atoms with Crippen LogP contribution in [0.15, 0.2) is 6.07 Å². The number of carbonyl (C=O) groups excluding carboxylic acids is 2. The van der Waals surface area contributed by atoms with E-state index in [0.29, 0.717) is 30.1 Å². The highest BCUT2D eigenvalue weighted by Crippen LogP contribution is 2.40. The van der Waals surface area contributed by atoms with E-state index in [4.69, 9.17) is 4.74 Å². The summed E-state index contributed by atoms with van der Waals surface area (Å²) in [5.41, 5.74) is 1.53. The number of likely N-dealkylation sites (tertiary alicyclic amines) is 1. The van der Waals surface area contributed by atoms with Gasteiger partial charge in [0, 0.05) is 31.8 Å². The lowest BCUT2D eigenvalue weighted by Gasteiger charge is -2.38. The summed E-state index contributed by atoms with van der Waals surface area (Å²) >= 11 is 0. The molecule has 2 aliphatic rings. The first-order valence-corrected chi connectivity index (χ1v) is 10.8. The van der Waals surface area contributed by atoms with Gasteiger partial charge < -0.3 is 15.0 Å². The van der Waals surface area contributed by atoms with E-state index >= 15 is 0 Å². The van der Waals surface area contributed by atoms with Crippen LogP contribution in [0.4, 0.5) is 0 Å². The van der Waals surface area contributed by atoms with Crippen LogP contribution in [0, 0.1) is 24.2 Å². The Morgan fingerprint density at radius 3 is 2.52 bits per heavy atom. The number of amides is 2. The number of ether oxygens (including phenoxy) is 1. The molecule has 1 aliphatic heterocycles. The highest BCUT2D eigenvalue weighted by Gasteiger charge is 2.40. The van der Waals surface area contributed by atoms with Crippen molar-refractivity contribution >= 4 is 11.8 Å². The molecule has 1 saturated carbocycles. The van der Waals surface area contributed by atoms with E-state index < -0.39 is 0 Å². The molecule has 0 radical (unpaired) electrons. The van der Waals surface area contributed by atoms with Crippen molar-refractivity contribution < 1.29 is 14.3 Å². The number of carbonyl (C=O) groups is 2. The second-order valence-electron chi connectivity index (χ2n) is 9.80. The number of hydrogen-bond acceptors (Lipinski definition) is 4. The van der Waals surface area contributed by atoms with Crippen LogP contribution >= 0.6 is 0 Å². The SMILES string of the molecule is CO[C@@H]1C[C@@H](CNC(=O)c2cc(C)[nH]n2)N(C(=O)C2CCC(C(C)(C)C)CC2)C1. The fraction of sp³-hybridized carbons (Fsp3) is 0.773. The van der Waals surface area contributed by atoms with E-state index in [2.05, 4.69) is 36.3 Å². The molecule has 1 saturated heterocycles. The van der Waals surface area contributed by atoms with Gasteiger partial charge in [-0.3, -0.25) is 14.7 Å². The Morgan fingerprint density at radius 1 is 1.28 bits per heavy atom. The summed E-state index contributed by atoms with van der Waals surface area (Å²) in [6.45, 7) is 9.78. The van der Waals surface area contributed by atoms with Crippen LogP contribution in [0.25, 0.3) is 0 Å². The molecule has 2 fully saturated rings. The number of aromatic amines is 1. The van der Waals surface area contributed by atoms with E-state index in [-0.39, 0.29) is 29.9 Å². The molecular formula is C22H36N4O3. The lowest BCUT2D eigenvalue weighted by atomic mass is 9.69. The first kappa shape index (κ1) is 21.8. The monoisotopic (exact) mass is 404 g/mol. The Hall–Kier alpha value is -1.89. The second kappa shape index (κ2) is 8.86. The highest BCUT2D eigenvalue weighted by atomic mass is 16.5. The molecule has 1 aliphatic carbocycles. The van der Waals surface area contributed by atoms with Crippen molar-refractivity contribution in [2.75, 3.05) is 20.2 Å². The smallest absolute Gasteiger partial charge is 0.271 e. The standard InChI is InChI=1S/C22H36N4O3/c1-14-10-19(25-24-14)20(27)23-12-17-11-18(29-5)13-26(17)21(28)15-6-8-16(9-7-15)22(2,3)4/h10,15-18H,6-9,11-13H2,1-5H3,(H,23,27)(H,24,25)/t15?,16?,17-,18+/m0/s1. The number of methoxy groups -OCH3 is 1. The minimum Gasteiger partial charge on any atom is -0.380 e. The van der Waals surface area contributed by atoms with Crippen molar-refractivity contribution in [1.29, 1.82) is 0 Å². The van der Waals surface area contributed by atoms with Gasteiger partial charge in [-0.25, -0.2) is 0 Å². The maximum absolute atomic E-state index is 13.3. The van der Waals surface area contributed by atoms with E-state index in [1.807, 2.05) is 11.8 Å². The van der Waals surface area contributed by atoms with Gasteiger partial charge in [0.15, 0.2) is 0 Å². The molecule has 162 valence electrons. The van der Waals surface area contributed by atoms with Gasteiger partial charge in [-0.05, 0) is 56.4 Å². The predicted octanol–water partition coefficient (Wildman–Crippen LogP) is 2.92. The van der Waals surface area contributed by atoms with Crippen molar-refractivity contribution in [3.05, 3.63) is 17.5 Å². The number of H-pyrrole nitrogens is 1. The maximum atomic E-state index is 13.3. The van der Waals surface area contributed by atoms with Gasteiger partial charge >= 0.3 is 0 Å². The third-order valence-electron chi connectivity index (χ3n) is 6.73. The highest BCUT2D eigenvalue weighted by molar-refractivity contribution is 5.92. The van der Waals surface area contributed by atoms with Crippen LogP contribution in [0.5, 0.6) is 0 Å². The normalized spacial score (nSPS) is 27.8. The molecule has 0 spiro atoms. The largest absolute Gasteiger partial charge is 0.380 e. The number of aryl methyl sites for hydroxylation is 1. The van der Waals surface area contributed by atoms with Gasteiger partial charge in [0.05, 0.1) is 12.1 Å². The molecule has 2 amide bonds. The molecule has 7 nitrogen and oxygen atoms in total. The van der Waals surface area contributed by atoms with Gasteiger partial charge in [0.2, 0.25) is 5.91 Å². The van der Waals surface area contributed by atoms with Gasteiger partial charge in [0.1, 0.15) is 5.69 Å². The molecule has 1 aromatic heterocycles. The molecule has 2 N–H and O–H groups in total. The minimum atomic E-state index is -0.215. The Kier molecular flexibility index (Phi) is 6.66. The third kappa shape index (κ3) is 5.18. The topological polar surface area (TPSA) is 87.3 Å². The molecule has 0 aromatic carbocycles. The number of nitrogens with one attached hydrogen (secondary N) is 2. The Bertz CT molecular complexity index is 716. The van der Waals surface area contributed by atoms with Gasteiger partial charge in [-0.1, -0.05) is 20.8 Å². The van der Waals surface area contributed by atoms with Gasteiger partial charge in [0.25, 0.3) is 5.91 Å². The van der Waals surface area contributed by atoms with Crippen LogP contribution in [-0.2, 0) is 9.53 Å². The summed E-state index contributed by atoms with van der Waals surface area (Å²) in [7, 11) is 1.69. The molecule has 29 heavy (non-hydrogen) atoms. The molecule has 2 atom stereocenters. The predicted molar refractivity (Wildman–Crippen MR) is 111 cm³/mol. The van der Waals surface area contributed by atoms with Crippen LogP contribution in [0.1, 0.15) is 69.1 Å². The molecule has 0 unspecified atom stereocenters. The Morgan fingerprint density at radius 2 is 1.97 bits per heavy atom. The van der Waals surface area contributed by atoms with E-state index in [1.165, 1.54) is 0 Å². The number of aromatic nitrogens is 2. The van der Waals surface area contributed by atoms with Crippen LogP contribution < -0.4 is 5.32 Å². The summed E-state index contributed by atoms with van der Waals surface area (Å²) in [5, 5.41) is 9.73. The number of nitrogens with zero attached hydrogens (tertiary/aromatic N) is 2. The third-order valence-corrected chi connectivity index (χ3v) is 6.73. The van der Waals surface area contributed by atoms with Crippen molar-refractivity contribution in [2.24, 2.45) is 17.3 Å². The first-order valence-electron chi connectivity index (χ1n) is 10.8. The summed E-state index contributed by atoms with van der Waals surface area (Å²) in [5.74, 6) is 0.792. The van der Waals surface area contributed by atoms with E-state index in [0.717, 1.165) is 37.8 Å². The van der Waals surface area contributed by atoms with Crippen molar-refractivity contribution in [1.82, 2.24) is 20.4 Å². The summed E-state index contributed by atoms with van der Waals surface area (Å²) in [6, 6.07) is 1.69. The number of hydrogen-bond donors (Lipinski definition) is 2. The van der Waals surface area contributed by atoms with Crippen molar-refractivity contribution in [3.8, 4) is 0 Å². The summed E-state index contributed by atoms with van der Waals surface area (Å²) < 4.78 is 5.54. The average molecular weight is 405 g/mol. The minimum absolute atomic E-state index is 0.0272. The second-order valence-corrected chi connectivity index (χ2v) is 9.80. The molecular weight excluding hydrogens is 368 g/mol. The maximum Gasteiger partial charge on any atom is 0.271 e. The molecule has 1 aromatic rings. The van der Waals surface area contributed by atoms with Crippen molar-refractivity contribution in [3.63, 3.8) is 0 Å². The van der Waals surface area contributed by atoms with E-state index in [9.17, 15) is 9.59 Å². The Labute approximate surface area is 173 Å².